The van der Waals surface area contributed by atoms with Gasteiger partial charge in [-0.3, -0.25) is 0 Å². The third-order valence-electron chi connectivity index (χ3n) is 6.77. The maximum atomic E-state index is 11.2. The predicted molar refractivity (Wildman–Crippen MR) is 133 cm³/mol. The summed E-state index contributed by atoms with van der Waals surface area (Å²) in [4.78, 5) is 11.2. The molecule has 1 N–H and O–H groups in total. The van der Waals surface area contributed by atoms with Crippen molar-refractivity contribution in [3.05, 3.63) is 66.2 Å². The molecule has 0 bridgehead atoms. The molecule has 0 spiro atoms. The van der Waals surface area contributed by atoms with Crippen molar-refractivity contribution in [2.24, 2.45) is 5.92 Å². The summed E-state index contributed by atoms with van der Waals surface area (Å²) in [6, 6.07) is 14.7. The molecular formula is C29H38O4. The van der Waals surface area contributed by atoms with Crippen molar-refractivity contribution in [3.63, 3.8) is 0 Å². The summed E-state index contributed by atoms with van der Waals surface area (Å²) in [6.45, 7) is 5.90. The summed E-state index contributed by atoms with van der Waals surface area (Å²) < 4.78 is 10.7. The number of benzene rings is 2. The number of carbonyl (C=O) groups is 1. The van der Waals surface area contributed by atoms with Crippen LogP contribution in [0.25, 0.3) is 11.1 Å². The van der Waals surface area contributed by atoms with Crippen LogP contribution in [0.15, 0.2) is 55.1 Å². The number of hydrogen-bond donors (Lipinski definition) is 1. The number of aliphatic hydroxyl groups is 1. The number of hydrogen-bond acceptors (Lipinski definition) is 4. The lowest BCUT2D eigenvalue weighted by molar-refractivity contribution is -0.138. The van der Waals surface area contributed by atoms with Crippen LogP contribution in [0.2, 0.25) is 0 Å². The van der Waals surface area contributed by atoms with Crippen molar-refractivity contribution in [2.45, 2.75) is 70.8 Å². The molecule has 0 saturated heterocycles. The van der Waals surface area contributed by atoms with E-state index in [1.165, 1.54) is 56.9 Å². The highest BCUT2D eigenvalue weighted by molar-refractivity contribution is 5.81. The molecule has 0 radical (unpaired) electrons. The maximum Gasteiger partial charge on any atom is 0.330 e. The zero-order valence-corrected chi connectivity index (χ0v) is 19.9. The van der Waals surface area contributed by atoms with E-state index in [9.17, 15) is 9.90 Å². The number of rotatable bonds is 12. The lowest BCUT2D eigenvalue weighted by atomic mass is 9.77. The van der Waals surface area contributed by atoms with E-state index in [-0.39, 0.29) is 19.8 Å². The molecule has 33 heavy (non-hydrogen) atoms. The van der Waals surface area contributed by atoms with E-state index in [2.05, 4.69) is 37.8 Å². The minimum absolute atomic E-state index is 0.109. The first kappa shape index (κ1) is 25.0. The van der Waals surface area contributed by atoms with Crippen LogP contribution in [0.5, 0.6) is 5.75 Å². The molecule has 0 unspecified atom stereocenters. The SMILES string of the molecule is C=CC(=O)OCCOc1cc(-c2ccc(C3CCC(CCCCC)CC3)cc2)ccc1CO. The molecule has 1 fully saturated rings. The highest BCUT2D eigenvalue weighted by Crippen LogP contribution is 2.38. The van der Waals surface area contributed by atoms with Crippen molar-refractivity contribution < 1.29 is 19.4 Å². The molecule has 0 aliphatic heterocycles. The van der Waals surface area contributed by atoms with Crippen molar-refractivity contribution in [1.82, 2.24) is 0 Å². The van der Waals surface area contributed by atoms with Gasteiger partial charge < -0.3 is 14.6 Å². The minimum Gasteiger partial charge on any atom is -0.490 e. The molecule has 0 atom stereocenters. The summed E-state index contributed by atoms with van der Waals surface area (Å²) >= 11 is 0. The fourth-order valence-corrected chi connectivity index (χ4v) is 4.77. The van der Waals surface area contributed by atoms with Gasteiger partial charge in [0.25, 0.3) is 0 Å². The smallest absolute Gasteiger partial charge is 0.330 e. The second-order valence-electron chi connectivity index (χ2n) is 9.04. The van der Waals surface area contributed by atoms with Crippen LogP contribution < -0.4 is 4.74 Å². The van der Waals surface area contributed by atoms with Gasteiger partial charge >= 0.3 is 5.97 Å². The van der Waals surface area contributed by atoms with E-state index in [1.807, 2.05) is 18.2 Å². The Hall–Kier alpha value is -2.59. The van der Waals surface area contributed by atoms with Crippen LogP contribution in [0.4, 0.5) is 0 Å². The third kappa shape index (κ3) is 7.46. The van der Waals surface area contributed by atoms with E-state index in [0.717, 1.165) is 23.1 Å². The van der Waals surface area contributed by atoms with Crippen LogP contribution in [0.3, 0.4) is 0 Å². The molecular weight excluding hydrogens is 412 g/mol. The minimum atomic E-state index is -0.472. The molecule has 1 aliphatic rings. The molecule has 178 valence electrons. The number of unbranched alkanes of at least 4 members (excludes halogenated alkanes) is 2. The Bertz CT molecular complexity index is 879. The first-order valence-corrected chi connectivity index (χ1v) is 12.4. The quantitative estimate of drug-likeness (QED) is 0.219. The monoisotopic (exact) mass is 450 g/mol. The van der Waals surface area contributed by atoms with Crippen LogP contribution in [-0.2, 0) is 16.1 Å². The zero-order valence-electron chi connectivity index (χ0n) is 19.9. The van der Waals surface area contributed by atoms with Gasteiger partial charge in [0.2, 0.25) is 0 Å². The van der Waals surface area contributed by atoms with Gasteiger partial charge in [0, 0.05) is 11.6 Å². The third-order valence-corrected chi connectivity index (χ3v) is 6.77. The van der Waals surface area contributed by atoms with Gasteiger partial charge in [0.1, 0.15) is 19.0 Å². The van der Waals surface area contributed by atoms with E-state index in [1.54, 1.807) is 0 Å². The van der Waals surface area contributed by atoms with Crippen molar-refractivity contribution in [2.75, 3.05) is 13.2 Å². The largest absolute Gasteiger partial charge is 0.490 e. The molecule has 4 heteroatoms. The molecule has 0 heterocycles. The van der Waals surface area contributed by atoms with E-state index < -0.39 is 5.97 Å². The van der Waals surface area contributed by atoms with Crippen LogP contribution >= 0.6 is 0 Å². The van der Waals surface area contributed by atoms with Crippen molar-refractivity contribution >= 4 is 5.97 Å². The highest BCUT2D eigenvalue weighted by atomic mass is 16.6. The molecule has 4 nitrogen and oxygen atoms in total. The van der Waals surface area contributed by atoms with Gasteiger partial charge in [0.15, 0.2) is 0 Å². The lowest BCUT2D eigenvalue weighted by Gasteiger charge is -2.29. The fraction of sp³-hybridized carbons (Fsp3) is 0.483. The molecule has 0 amide bonds. The first-order chi connectivity index (χ1) is 16.1. The van der Waals surface area contributed by atoms with Crippen molar-refractivity contribution in [3.8, 4) is 16.9 Å². The standard InChI is InChI=1S/C29H38O4/c1-3-5-6-7-22-8-10-23(11-9-22)24-12-14-25(15-13-24)26-16-17-27(21-30)28(20-26)32-18-19-33-29(31)4-2/h4,12-17,20,22-23,30H,2-3,5-11,18-19,21H2,1H3. The molecule has 1 aliphatic carbocycles. The Morgan fingerprint density at radius 3 is 2.42 bits per heavy atom. The summed E-state index contributed by atoms with van der Waals surface area (Å²) in [5, 5.41) is 9.64. The number of ether oxygens (including phenoxy) is 2. The normalized spacial score (nSPS) is 18.0. The Morgan fingerprint density at radius 2 is 1.76 bits per heavy atom. The first-order valence-electron chi connectivity index (χ1n) is 12.4. The molecule has 1 saturated carbocycles. The second kappa shape index (κ2) is 13.2. The number of aliphatic hydroxyl groups excluding tert-OH is 1. The fourth-order valence-electron chi connectivity index (χ4n) is 4.77. The Balaban J connectivity index is 1.58. The van der Waals surface area contributed by atoms with Crippen molar-refractivity contribution in [1.29, 1.82) is 0 Å². The summed E-state index contributed by atoms with van der Waals surface area (Å²) in [5.74, 6) is 1.74. The van der Waals surface area contributed by atoms with E-state index >= 15 is 0 Å². The molecule has 0 aromatic heterocycles. The Morgan fingerprint density at radius 1 is 1.03 bits per heavy atom. The summed E-state index contributed by atoms with van der Waals surface area (Å²) in [6.07, 6.45) is 11.9. The predicted octanol–water partition coefficient (Wildman–Crippen LogP) is 6.81. The van der Waals surface area contributed by atoms with Gasteiger partial charge in [0.05, 0.1) is 6.61 Å². The average molecular weight is 451 g/mol. The lowest BCUT2D eigenvalue weighted by Crippen LogP contribution is -2.13. The molecule has 2 aromatic rings. The Labute approximate surface area is 198 Å². The van der Waals surface area contributed by atoms with Gasteiger partial charge in [-0.05, 0) is 60.3 Å². The second-order valence-corrected chi connectivity index (χ2v) is 9.04. The van der Waals surface area contributed by atoms with Gasteiger partial charge in [-0.1, -0.05) is 75.6 Å². The average Bonchev–Trinajstić information content (AvgIpc) is 2.87. The van der Waals surface area contributed by atoms with Gasteiger partial charge in [-0.25, -0.2) is 4.79 Å². The highest BCUT2D eigenvalue weighted by Gasteiger charge is 2.22. The van der Waals surface area contributed by atoms with Gasteiger partial charge in [-0.2, -0.15) is 0 Å². The number of carbonyl (C=O) groups excluding carboxylic acids is 1. The molecule has 3 rings (SSSR count). The van der Waals surface area contributed by atoms with Crippen LogP contribution in [-0.4, -0.2) is 24.3 Å². The topological polar surface area (TPSA) is 55.8 Å². The van der Waals surface area contributed by atoms with E-state index in [4.69, 9.17) is 9.47 Å². The van der Waals surface area contributed by atoms with Crippen LogP contribution in [0.1, 0.15) is 75.3 Å². The molecule has 2 aromatic carbocycles. The summed E-state index contributed by atoms with van der Waals surface area (Å²) in [5.41, 5.74) is 4.32. The van der Waals surface area contributed by atoms with Gasteiger partial charge in [-0.15, -0.1) is 0 Å². The number of esters is 1. The van der Waals surface area contributed by atoms with Crippen LogP contribution in [0, 0.1) is 5.92 Å². The zero-order chi connectivity index (χ0) is 23.5. The summed E-state index contributed by atoms with van der Waals surface area (Å²) in [7, 11) is 0. The van der Waals surface area contributed by atoms with E-state index in [0.29, 0.717) is 17.2 Å². The maximum absolute atomic E-state index is 11.2. The Kier molecular flexibility index (Phi) is 10.0.